The van der Waals surface area contributed by atoms with Gasteiger partial charge in [0.15, 0.2) is 0 Å². The lowest BCUT2D eigenvalue weighted by atomic mass is 9.84. The lowest BCUT2D eigenvalue weighted by Crippen LogP contribution is -2.35. The van der Waals surface area contributed by atoms with E-state index in [2.05, 4.69) is 5.32 Å². The summed E-state index contributed by atoms with van der Waals surface area (Å²) in [4.78, 5) is 0. The third-order valence-electron chi connectivity index (χ3n) is 3.94. The van der Waals surface area contributed by atoms with Gasteiger partial charge in [0.2, 0.25) is 0 Å². The summed E-state index contributed by atoms with van der Waals surface area (Å²) < 4.78 is 42.8. The Kier molecular flexibility index (Phi) is 5.24. The van der Waals surface area contributed by atoms with Crippen LogP contribution in [-0.4, -0.2) is 31.5 Å². The Balaban J connectivity index is 1.85. The minimum Gasteiger partial charge on any atom is -0.396 e. The van der Waals surface area contributed by atoms with Gasteiger partial charge in [-0.2, -0.15) is 13.2 Å². The van der Waals surface area contributed by atoms with Gasteiger partial charge in [0.05, 0.1) is 12.2 Å². The zero-order chi connectivity index (χ0) is 15.3. The Morgan fingerprint density at radius 1 is 1.24 bits per heavy atom. The molecule has 0 aliphatic carbocycles. The van der Waals surface area contributed by atoms with E-state index in [1.165, 1.54) is 12.1 Å². The molecule has 0 aromatic heterocycles. The molecule has 1 saturated heterocycles. The maximum atomic E-state index is 12.5. The van der Waals surface area contributed by atoms with E-state index in [0.29, 0.717) is 32.7 Å². The number of rotatable bonds is 6. The van der Waals surface area contributed by atoms with Crippen molar-refractivity contribution in [2.24, 2.45) is 5.41 Å². The molecule has 1 heterocycles. The topological polar surface area (TPSA) is 41.5 Å². The zero-order valence-electron chi connectivity index (χ0n) is 11.7. The normalized spacial score (nSPS) is 22.7. The minimum atomic E-state index is -4.29. The number of halogens is 3. The molecule has 2 rings (SSSR count). The minimum absolute atomic E-state index is 0.0549. The van der Waals surface area contributed by atoms with Gasteiger partial charge in [-0.3, -0.25) is 0 Å². The van der Waals surface area contributed by atoms with Crippen molar-refractivity contribution >= 4 is 0 Å². The molecule has 0 radical (unpaired) electrons. The first-order chi connectivity index (χ1) is 9.95. The molecule has 0 bridgehead atoms. The number of aliphatic hydroxyl groups is 1. The highest BCUT2D eigenvalue weighted by atomic mass is 19.4. The summed E-state index contributed by atoms with van der Waals surface area (Å²) in [7, 11) is 0. The van der Waals surface area contributed by atoms with E-state index >= 15 is 0 Å². The number of hydrogen-bond donors (Lipinski definition) is 2. The first kappa shape index (κ1) is 16.3. The summed E-state index contributed by atoms with van der Waals surface area (Å²) in [6, 6.07) is 5.16. The molecule has 2 N–H and O–H groups in total. The van der Waals surface area contributed by atoms with E-state index < -0.39 is 11.7 Å². The molecular weight excluding hydrogens is 283 g/mol. The summed E-state index contributed by atoms with van der Waals surface area (Å²) in [6.45, 7) is 2.63. The fraction of sp³-hybridized carbons (Fsp3) is 0.600. The molecule has 1 aromatic carbocycles. The van der Waals surface area contributed by atoms with E-state index in [1.807, 2.05) is 0 Å². The van der Waals surface area contributed by atoms with Gasteiger partial charge in [-0.25, -0.2) is 0 Å². The number of hydrogen-bond acceptors (Lipinski definition) is 3. The molecule has 1 unspecified atom stereocenters. The maximum Gasteiger partial charge on any atom is 0.416 e. The molecule has 0 amide bonds. The van der Waals surface area contributed by atoms with Crippen LogP contribution in [0.2, 0.25) is 0 Å². The maximum absolute atomic E-state index is 12.5. The molecule has 0 spiro atoms. The van der Waals surface area contributed by atoms with Gasteiger partial charge in [0.1, 0.15) is 0 Å². The van der Waals surface area contributed by atoms with Gasteiger partial charge in [-0.15, -0.1) is 0 Å². The molecule has 1 aromatic rings. The Morgan fingerprint density at radius 2 is 1.95 bits per heavy atom. The zero-order valence-corrected chi connectivity index (χ0v) is 11.7. The monoisotopic (exact) mass is 303 g/mol. The predicted octanol–water partition coefficient (Wildman–Crippen LogP) is 2.58. The van der Waals surface area contributed by atoms with Crippen LogP contribution in [0.15, 0.2) is 24.3 Å². The second-order valence-electron chi connectivity index (χ2n) is 5.57. The van der Waals surface area contributed by atoms with Crippen LogP contribution in [0.5, 0.6) is 0 Å². The number of benzene rings is 1. The van der Waals surface area contributed by atoms with Crippen LogP contribution in [0.1, 0.15) is 24.0 Å². The predicted molar refractivity (Wildman–Crippen MR) is 72.7 cm³/mol. The van der Waals surface area contributed by atoms with Crippen LogP contribution in [0, 0.1) is 5.41 Å². The van der Waals surface area contributed by atoms with Crippen molar-refractivity contribution in [1.29, 1.82) is 0 Å². The third-order valence-corrected chi connectivity index (χ3v) is 3.94. The van der Waals surface area contributed by atoms with Gasteiger partial charge in [0.25, 0.3) is 0 Å². The highest BCUT2D eigenvalue weighted by Crippen LogP contribution is 2.32. The Labute approximate surface area is 122 Å². The van der Waals surface area contributed by atoms with Crippen molar-refractivity contribution < 1.29 is 23.0 Å². The number of ether oxygens (including phenoxy) is 1. The van der Waals surface area contributed by atoms with E-state index in [0.717, 1.165) is 24.1 Å². The molecule has 0 saturated carbocycles. The molecule has 21 heavy (non-hydrogen) atoms. The third kappa shape index (κ3) is 4.43. The van der Waals surface area contributed by atoms with Crippen LogP contribution in [0.4, 0.5) is 13.2 Å². The Hall–Kier alpha value is -1.11. The van der Waals surface area contributed by atoms with Crippen LogP contribution in [0.25, 0.3) is 0 Å². The van der Waals surface area contributed by atoms with Gasteiger partial charge >= 0.3 is 6.18 Å². The average molecular weight is 303 g/mol. The Morgan fingerprint density at radius 3 is 2.48 bits per heavy atom. The first-order valence-electron chi connectivity index (χ1n) is 7.01. The molecule has 6 heteroatoms. The molecule has 1 fully saturated rings. The van der Waals surface area contributed by atoms with Gasteiger partial charge in [0, 0.05) is 31.7 Å². The van der Waals surface area contributed by atoms with E-state index in [1.54, 1.807) is 0 Å². The lowest BCUT2D eigenvalue weighted by Gasteiger charge is -2.26. The summed E-state index contributed by atoms with van der Waals surface area (Å²) in [6.07, 6.45) is -2.72. The lowest BCUT2D eigenvalue weighted by molar-refractivity contribution is -0.137. The quantitative estimate of drug-likeness (QED) is 0.849. The summed E-state index contributed by atoms with van der Waals surface area (Å²) in [5.74, 6) is 0. The van der Waals surface area contributed by atoms with Gasteiger partial charge in [-0.05, 0) is 30.5 Å². The summed E-state index contributed by atoms with van der Waals surface area (Å²) >= 11 is 0. The first-order valence-corrected chi connectivity index (χ1v) is 7.01. The highest BCUT2D eigenvalue weighted by Gasteiger charge is 2.34. The largest absolute Gasteiger partial charge is 0.416 e. The highest BCUT2D eigenvalue weighted by molar-refractivity contribution is 5.24. The van der Waals surface area contributed by atoms with Crippen molar-refractivity contribution in [2.75, 3.05) is 26.4 Å². The van der Waals surface area contributed by atoms with Gasteiger partial charge in [-0.1, -0.05) is 12.1 Å². The standard InChI is InChI=1S/C15H20F3NO2/c16-15(17,18)13-3-1-12(2-4-13)9-19-10-14(5-7-20)6-8-21-11-14/h1-4,19-20H,5-11H2. The summed E-state index contributed by atoms with van der Waals surface area (Å²) in [5, 5.41) is 12.4. The SMILES string of the molecule is OCCC1(CNCc2ccc(C(F)(F)F)cc2)CCOC1. The van der Waals surface area contributed by atoms with E-state index in [-0.39, 0.29) is 12.0 Å². The van der Waals surface area contributed by atoms with Crippen LogP contribution in [0.3, 0.4) is 0 Å². The molecular formula is C15H20F3NO2. The van der Waals surface area contributed by atoms with Crippen molar-refractivity contribution in [2.45, 2.75) is 25.6 Å². The molecule has 3 nitrogen and oxygen atoms in total. The molecule has 118 valence electrons. The van der Waals surface area contributed by atoms with Crippen molar-refractivity contribution in [3.63, 3.8) is 0 Å². The van der Waals surface area contributed by atoms with Crippen molar-refractivity contribution in [3.05, 3.63) is 35.4 Å². The van der Waals surface area contributed by atoms with E-state index in [9.17, 15) is 13.2 Å². The number of alkyl halides is 3. The fourth-order valence-electron chi connectivity index (χ4n) is 2.60. The van der Waals surface area contributed by atoms with Crippen molar-refractivity contribution in [1.82, 2.24) is 5.32 Å². The van der Waals surface area contributed by atoms with Crippen LogP contribution in [-0.2, 0) is 17.5 Å². The molecule has 1 atom stereocenters. The van der Waals surface area contributed by atoms with Gasteiger partial charge < -0.3 is 15.2 Å². The molecule has 1 aliphatic heterocycles. The smallest absolute Gasteiger partial charge is 0.396 e. The second-order valence-corrected chi connectivity index (χ2v) is 5.57. The Bertz CT molecular complexity index is 439. The summed E-state index contributed by atoms with van der Waals surface area (Å²) in [5.41, 5.74) is 0.119. The van der Waals surface area contributed by atoms with Crippen molar-refractivity contribution in [3.8, 4) is 0 Å². The van der Waals surface area contributed by atoms with Crippen LogP contribution < -0.4 is 5.32 Å². The average Bonchev–Trinajstić information content (AvgIpc) is 2.88. The van der Waals surface area contributed by atoms with E-state index in [4.69, 9.17) is 9.84 Å². The molecule has 1 aliphatic rings. The fourth-order valence-corrected chi connectivity index (χ4v) is 2.60. The second kappa shape index (κ2) is 6.77. The number of nitrogens with one attached hydrogen (secondary N) is 1. The number of aliphatic hydroxyl groups excluding tert-OH is 1. The van der Waals surface area contributed by atoms with Crippen LogP contribution >= 0.6 is 0 Å².